The largest absolute Gasteiger partial charge is 0.389 e. The molecule has 0 radical (unpaired) electrons. The van der Waals surface area contributed by atoms with Crippen LogP contribution in [0.4, 0.5) is 4.39 Å². The predicted octanol–water partition coefficient (Wildman–Crippen LogP) is 4.05. The van der Waals surface area contributed by atoms with Crippen molar-refractivity contribution >= 4 is 11.8 Å². The molecule has 7 heteroatoms. The Morgan fingerprint density at radius 3 is 2.63 bits per heavy atom. The van der Waals surface area contributed by atoms with Gasteiger partial charge in [-0.1, -0.05) is 31.0 Å². The molecule has 1 saturated heterocycles. The van der Waals surface area contributed by atoms with Crippen molar-refractivity contribution in [2.45, 2.75) is 68.4 Å². The van der Waals surface area contributed by atoms with Gasteiger partial charge in [0.05, 0.1) is 18.2 Å². The minimum absolute atomic E-state index is 0.150. The average Bonchev–Trinajstić information content (AvgIpc) is 3.32. The molecule has 1 saturated carbocycles. The van der Waals surface area contributed by atoms with Crippen LogP contribution in [0.5, 0.6) is 0 Å². The van der Waals surface area contributed by atoms with Gasteiger partial charge in [-0.2, -0.15) is 0 Å². The number of aliphatic hydroxyl groups is 1. The first kappa shape index (κ1) is 18.9. The third-order valence-electron chi connectivity index (χ3n) is 5.48. The Kier molecular flexibility index (Phi) is 5.80. The fourth-order valence-electron chi connectivity index (χ4n) is 3.92. The highest BCUT2D eigenvalue weighted by molar-refractivity contribution is 7.99. The van der Waals surface area contributed by atoms with Crippen LogP contribution in [0, 0.1) is 5.82 Å². The molecule has 0 unspecified atom stereocenters. The number of halogens is 1. The van der Waals surface area contributed by atoms with Crippen molar-refractivity contribution in [3.63, 3.8) is 0 Å². The molecule has 2 aliphatic rings. The van der Waals surface area contributed by atoms with Crippen LogP contribution in [-0.2, 0) is 11.3 Å². The highest BCUT2D eigenvalue weighted by Crippen LogP contribution is 2.34. The van der Waals surface area contributed by atoms with E-state index in [9.17, 15) is 9.50 Å². The zero-order valence-electron chi connectivity index (χ0n) is 15.4. The molecular weight excluding hydrogens is 365 g/mol. The topological polar surface area (TPSA) is 60.2 Å². The Morgan fingerprint density at radius 2 is 1.93 bits per heavy atom. The number of benzene rings is 1. The number of hydrogen-bond acceptors (Lipinski definition) is 5. The smallest absolute Gasteiger partial charge is 0.191 e. The van der Waals surface area contributed by atoms with Crippen LogP contribution < -0.4 is 0 Å². The number of ether oxygens (including phenoxy) is 1. The first-order chi connectivity index (χ1) is 13.1. The lowest BCUT2D eigenvalue weighted by molar-refractivity contribution is 0.0272. The molecular formula is C20H26FN3O2S. The molecule has 1 aromatic carbocycles. The molecule has 2 fully saturated rings. The van der Waals surface area contributed by atoms with E-state index in [0.717, 1.165) is 61.7 Å². The lowest BCUT2D eigenvalue weighted by Crippen LogP contribution is -2.34. The van der Waals surface area contributed by atoms with Crippen LogP contribution in [0.1, 0.15) is 44.9 Å². The second kappa shape index (κ2) is 8.29. The number of hydrogen-bond donors (Lipinski definition) is 1. The molecule has 0 bridgehead atoms. The Balaban J connectivity index is 1.57. The number of nitrogens with zero attached hydrogens (tertiary/aromatic N) is 3. The van der Waals surface area contributed by atoms with Gasteiger partial charge in [-0.05, 0) is 49.9 Å². The second-order valence-corrected chi connectivity index (χ2v) is 8.57. The van der Waals surface area contributed by atoms with Gasteiger partial charge in [0.1, 0.15) is 5.82 Å². The predicted molar refractivity (Wildman–Crippen MR) is 103 cm³/mol. The third kappa shape index (κ3) is 4.52. The van der Waals surface area contributed by atoms with E-state index in [-0.39, 0.29) is 11.9 Å². The van der Waals surface area contributed by atoms with Crippen LogP contribution in [0.15, 0.2) is 29.4 Å². The molecule has 1 aliphatic carbocycles. The summed E-state index contributed by atoms with van der Waals surface area (Å²) >= 11 is 1.56. The lowest BCUT2D eigenvalue weighted by atomic mass is 9.86. The van der Waals surface area contributed by atoms with E-state index >= 15 is 0 Å². The summed E-state index contributed by atoms with van der Waals surface area (Å²) in [5.74, 6) is 1.08. The Bertz CT molecular complexity index is 753. The van der Waals surface area contributed by atoms with Gasteiger partial charge in [-0.15, -0.1) is 10.2 Å². The number of rotatable bonds is 6. The van der Waals surface area contributed by atoms with E-state index in [1.165, 1.54) is 18.6 Å². The summed E-state index contributed by atoms with van der Waals surface area (Å²) in [5, 5.41) is 20.4. The molecule has 5 nitrogen and oxygen atoms in total. The highest BCUT2D eigenvalue weighted by Gasteiger charge is 2.30. The zero-order valence-corrected chi connectivity index (χ0v) is 16.3. The molecule has 1 aromatic heterocycles. The third-order valence-corrected chi connectivity index (χ3v) is 6.73. The van der Waals surface area contributed by atoms with Crippen molar-refractivity contribution in [3.05, 3.63) is 30.1 Å². The minimum Gasteiger partial charge on any atom is -0.389 e. The fraction of sp³-hybridized carbons (Fsp3) is 0.600. The van der Waals surface area contributed by atoms with Gasteiger partial charge in [0, 0.05) is 17.9 Å². The number of thioether (sulfide) groups is 1. The summed E-state index contributed by atoms with van der Waals surface area (Å²) in [5.41, 5.74) is 0.227. The van der Waals surface area contributed by atoms with Crippen LogP contribution in [-0.4, -0.2) is 43.9 Å². The van der Waals surface area contributed by atoms with Crippen molar-refractivity contribution in [2.75, 3.05) is 12.4 Å². The summed E-state index contributed by atoms with van der Waals surface area (Å²) in [4.78, 5) is 0. The van der Waals surface area contributed by atoms with E-state index in [1.54, 1.807) is 23.9 Å². The van der Waals surface area contributed by atoms with Gasteiger partial charge in [-0.25, -0.2) is 4.39 Å². The maximum atomic E-state index is 13.3. The van der Waals surface area contributed by atoms with E-state index in [0.29, 0.717) is 12.3 Å². The minimum atomic E-state index is -0.612. The van der Waals surface area contributed by atoms with Gasteiger partial charge in [0.15, 0.2) is 11.0 Å². The summed E-state index contributed by atoms with van der Waals surface area (Å²) in [6.07, 6.45) is 7.32. The Labute approximate surface area is 163 Å². The SMILES string of the molecule is OC1(CSc2nnc(-c3ccc(F)cc3)n2C[C@H]2CCCO2)CCCCC1. The van der Waals surface area contributed by atoms with Gasteiger partial charge in [0.2, 0.25) is 0 Å². The van der Waals surface area contributed by atoms with Crippen molar-refractivity contribution < 1.29 is 14.2 Å². The van der Waals surface area contributed by atoms with Crippen LogP contribution in [0.3, 0.4) is 0 Å². The van der Waals surface area contributed by atoms with Crippen molar-refractivity contribution in [1.29, 1.82) is 0 Å². The van der Waals surface area contributed by atoms with Gasteiger partial charge < -0.3 is 9.84 Å². The monoisotopic (exact) mass is 391 g/mol. The van der Waals surface area contributed by atoms with Crippen LogP contribution in [0.2, 0.25) is 0 Å². The van der Waals surface area contributed by atoms with Gasteiger partial charge >= 0.3 is 0 Å². The summed E-state index contributed by atoms with van der Waals surface area (Å²) in [7, 11) is 0. The van der Waals surface area contributed by atoms with Crippen molar-refractivity contribution in [2.24, 2.45) is 0 Å². The van der Waals surface area contributed by atoms with Gasteiger partial charge in [0.25, 0.3) is 0 Å². The lowest BCUT2D eigenvalue weighted by Gasteiger charge is -2.31. The normalized spacial score (nSPS) is 22.2. The molecule has 4 rings (SSSR count). The first-order valence-electron chi connectivity index (χ1n) is 9.79. The van der Waals surface area contributed by atoms with Gasteiger partial charge in [-0.3, -0.25) is 4.57 Å². The van der Waals surface area contributed by atoms with Crippen molar-refractivity contribution in [1.82, 2.24) is 14.8 Å². The zero-order chi connectivity index (χ0) is 18.7. The molecule has 0 spiro atoms. The summed E-state index contributed by atoms with van der Waals surface area (Å²) in [6, 6.07) is 6.35. The molecule has 1 atom stereocenters. The van der Waals surface area contributed by atoms with Crippen molar-refractivity contribution in [3.8, 4) is 11.4 Å². The van der Waals surface area contributed by atoms with E-state index < -0.39 is 5.60 Å². The van der Waals surface area contributed by atoms with E-state index in [4.69, 9.17) is 4.74 Å². The molecule has 1 N–H and O–H groups in total. The molecule has 27 heavy (non-hydrogen) atoms. The van der Waals surface area contributed by atoms with Crippen LogP contribution >= 0.6 is 11.8 Å². The van der Waals surface area contributed by atoms with Crippen LogP contribution in [0.25, 0.3) is 11.4 Å². The quantitative estimate of drug-likeness (QED) is 0.753. The maximum absolute atomic E-state index is 13.3. The van der Waals surface area contributed by atoms with E-state index in [1.807, 2.05) is 0 Å². The highest BCUT2D eigenvalue weighted by atomic mass is 32.2. The first-order valence-corrected chi connectivity index (χ1v) is 10.8. The second-order valence-electron chi connectivity index (χ2n) is 7.63. The molecule has 2 heterocycles. The molecule has 2 aromatic rings. The standard InChI is InChI=1S/C20H26FN3O2S/c21-16-8-6-15(7-9-16)18-22-23-19(24(18)13-17-5-4-12-26-17)27-14-20(25)10-2-1-3-11-20/h6-9,17,25H,1-5,10-14H2/t17-/m1/s1. The summed E-state index contributed by atoms with van der Waals surface area (Å²) < 4.78 is 21.2. The maximum Gasteiger partial charge on any atom is 0.191 e. The molecule has 1 aliphatic heterocycles. The summed E-state index contributed by atoms with van der Waals surface area (Å²) in [6.45, 7) is 1.47. The molecule has 0 amide bonds. The number of aromatic nitrogens is 3. The van der Waals surface area contributed by atoms with E-state index in [2.05, 4.69) is 14.8 Å². The Hall–Kier alpha value is -1.44. The fourth-order valence-corrected chi connectivity index (χ4v) is 5.02. The average molecular weight is 392 g/mol. The molecule has 146 valence electrons. The Morgan fingerprint density at radius 1 is 1.15 bits per heavy atom.